The number of carbonyl (C=O) groups is 5. The minimum atomic E-state index is -1.29. The lowest BCUT2D eigenvalue weighted by Gasteiger charge is -2.31. The summed E-state index contributed by atoms with van der Waals surface area (Å²) in [4.78, 5) is 67.6. The van der Waals surface area contributed by atoms with Gasteiger partial charge in [-0.15, -0.1) is 0 Å². The molecule has 12 heteroatoms. The van der Waals surface area contributed by atoms with Crippen LogP contribution in [0.4, 0.5) is 0 Å². The van der Waals surface area contributed by atoms with Crippen LogP contribution in [0.5, 0.6) is 0 Å². The molecule has 4 atom stereocenters. The Bertz CT molecular complexity index is 1290. The number of benzene rings is 2. The van der Waals surface area contributed by atoms with E-state index in [2.05, 4.69) is 16.4 Å². The Labute approximate surface area is 277 Å². The molecule has 0 radical (unpaired) electrons. The van der Waals surface area contributed by atoms with Crippen LogP contribution in [0.1, 0.15) is 64.5 Å². The van der Waals surface area contributed by atoms with Crippen molar-refractivity contribution in [2.75, 3.05) is 6.54 Å². The molecule has 5 N–H and O–H groups in total. The second kappa shape index (κ2) is 18.9. The molecule has 1 fully saturated rings. The van der Waals surface area contributed by atoms with Crippen molar-refractivity contribution < 1.29 is 51.6 Å². The predicted octanol–water partition coefficient (Wildman–Crippen LogP) is -0.859. The van der Waals surface area contributed by atoms with Gasteiger partial charge in [0.2, 0.25) is 11.8 Å². The highest BCUT2D eigenvalue weighted by Gasteiger charge is 2.40. The van der Waals surface area contributed by atoms with Crippen LogP contribution >= 0.6 is 0 Å². The molecule has 46 heavy (non-hydrogen) atoms. The molecule has 2 aromatic rings. The van der Waals surface area contributed by atoms with Gasteiger partial charge in [-0.05, 0) is 35.8 Å². The maximum atomic E-state index is 13.8. The predicted molar refractivity (Wildman–Crippen MR) is 167 cm³/mol. The summed E-state index contributed by atoms with van der Waals surface area (Å²) in [6.07, 6.45) is 1.12. The fraction of sp³-hybridized carbons (Fsp3) is 0.500. The lowest BCUT2D eigenvalue weighted by atomic mass is 10.0. The van der Waals surface area contributed by atoms with Crippen LogP contribution in [-0.2, 0) is 46.7 Å². The van der Waals surface area contributed by atoms with E-state index in [0.717, 1.165) is 11.1 Å². The monoisotopic (exact) mass is 658 g/mol. The molecular weight excluding hydrogens is 612 g/mol. The summed E-state index contributed by atoms with van der Waals surface area (Å²) in [5.74, 6) is -2.96. The summed E-state index contributed by atoms with van der Waals surface area (Å²) < 4.78 is 10.9. The van der Waals surface area contributed by atoms with Crippen molar-refractivity contribution >= 4 is 29.7 Å². The third kappa shape index (κ3) is 11.8. The normalized spacial score (nSPS) is 16.2. The number of nitrogens with one attached hydrogen (secondary N) is 2. The lowest BCUT2D eigenvalue weighted by Crippen LogP contribution is -3.00. The molecule has 0 aromatic heterocycles. The third-order valence-corrected chi connectivity index (χ3v) is 7.64. The number of hydrogen-bond donors (Lipinski definition) is 3. The molecule has 2 aromatic carbocycles. The molecule has 0 bridgehead atoms. The van der Waals surface area contributed by atoms with Crippen molar-refractivity contribution in [2.24, 2.45) is 11.8 Å². The highest BCUT2D eigenvalue weighted by Crippen LogP contribution is 2.22. The Morgan fingerprint density at radius 1 is 0.848 bits per heavy atom. The number of halogens is 1. The average Bonchev–Trinajstić information content (AvgIpc) is 3.51. The van der Waals surface area contributed by atoms with Crippen molar-refractivity contribution in [3.8, 4) is 0 Å². The Morgan fingerprint density at radius 3 is 1.96 bits per heavy atom. The maximum absolute atomic E-state index is 13.8. The van der Waals surface area contributed by atoms with Crippen molar-refractivity contribution in [2.45, 2.75) is 90.8 Å². The zero-order chi connectivity index (χ0) is 32.9. The summed E-state index contributed by atoms with van der Waals surface area (Å²) in [6, 6.07) is 14.6. The second-order valence-electron chi connectivity index (χ2n) is 12.3. The van der Waals surface area contributed by atoms with Gasteiger partial charge in [-0.1, -0.05) is 88.4 Å². The van der Waals surface area contributed by atoms with Crippen molar-refractivity contribution in [3.63, 3.8) is 0 Å². The Balaban J connectivity index is 0.00000736. The first-order valence-electron chi connectivity index (χ1n) is 15.6. The Kier molecular flexibility index (Phi) is 15.7. The second-order valence-corrected chi connectivity index (χ2v) is 12.3. The van der Waals surface area contributed by atoms with E-state index in [1.54, 1.807) is 26.0 Å². The summed E-state index contributed by atoms with van der Waals surface area (Å²) >= 11 is 0. The highest BCUT2D eigenvalue weighted by molar-refractivity contribution is 5.96. The first kappa shape index (κ1) is 38.2. The molecule has 1 aliphatic heterocycles. The van der Waals surface area contributed by atoms with Gasteiger partial charge < -0.3 is 43.1 Å². The van der Waals surface area contributed by atoms with E-state index in [1.807, 2.05) is 62.4 Å². The molecule has 252 valence electrons. The molecule has 3 rings (SSSR count). The van der Waals surface area contributed by atoms with Crippen LogP contribution in [0.15, 0.2) is 60.7 Å². The molecule has 1 saturated heterocycles. The van der Waals surface area contributed by atoms with Crippen LogP contribution in [0.25, 0.3) is 0 Å². The zero-order valence-corrected chi connectivity index (χ0v) is 27.8. The lowest BCUT2D eigenvalue weighted by molar-refractivity contribution is -0.406. The van der Waals surface area contributed by atoms with Crippen LogP contribution in [-0.4, -0.2) is 65.3 Å². The molecule has 0 saturated carbocycles. The Morgan fingerprint density at radius 2 is 1.41 bits per heavy atom. The number of amides is 3. The number of rotatable bonds is 15. The Hall–Kier alpha value is -3.96. The molecule has 1 heterocycles. The van der Waals surface area contributed by atoms with Crippen LogP contribution < -0.4 is 28.8 Å². The number of ether oxygens (including phenoxy) is 2. The van der Waals surface area contributed by atoms with E-state index in [0.29, 0.717) is 25.8 Å². The fourth-order valence-electron chi connectivity index (χ4n) is 5.19. The first-order valence-corrected chi connectivity index (χ1v) is 15.6. The number of hydrogen-bond acceptors (Lipinski definition) is 7. The molecule has 0 spiro atoms. The van der Waals surface area contributed by atoms with Gasteiger partial charge in [0.15, 0.2) is 6.04 Å². The summed E-state index contributed by atoms with van der Waals surface area (Å²) in [7, 11) is 0. The molecule has 0 aliphatic carbocycles. The fourth-order valence-corrected chi connectivity index (χ4v) is 5.19. The van der Waals surface area contributed by atoms with E-state index < -0.39 is 60.2 Å². The van der Waals surface area contributed by atoms with Gasteiger partial charge in [0.05, 0.1) is 6.42 Å². The number of likely N-dealkylation sites (tertiary alicyclic amines) is 1. The first-order chi connectivity index (χ1) is 21.5. The number of quaternary nitrogens is 1. The molecular formula is C34H47ClN4O7. The van der Waals surface area contributed by atoms with Gasteiger partial charge in [0, 0.05) is 13.0 Å². The van der Waals surface area contributed by atoms with Gasteiger partial charge in [0.1, 0.15) is 31.3 Å². The SMILES string of the molecule is CC(C)C[C@H]([NH3+])C(=O)N[C@@H](CC(=O)OCc1ccccc1)C(=O)N[C@H](C(=O)N1CCC[C@H]1C(=O)OCc1ccccc1)C(C)C.[Cl-]. The van der Waals surface area contributed by atoms with E-state index in [9.17, 15) is 24.0 Å². The van der Waals surface area contributed by atoms with Crippen molar-refractivity contribution in [1.29, 1.82) is 0 Å². The van der Waals surface area contributed by atoms with E-state index in [1.165, 1.54) is 4.90 Å². The zero-order valence-electron chi connectivity index (χ0n) is 27.1. The quantitative estimate of drug-likeness (QED) is 0.210. The molecule has 1 aliphatic rings. The average molecular weight is 659 g/mol. The number of carbonyl (C=O) groups excluding carboxylic acids is 5. The summed E-state index contributed by atoms with van der Waals surface area (Å²) in [5, 5.41) is 5.40. The summed E-state index contributed by atoms with van der Waals surface area (Å²) in [5.41, 5.74) is 5.52. The van der Waals surface area contributed by atoms with Gasteiger partial charge in [-0.2, -0.15) is 0 Å². The van der Waals surface area contributed by atoms with Crippen LogP contribution in [0.3, 0.4) is 0 Å². The minimum Gasteiger partial charge on any atom is -1.00 e. The molecule has 11 nitrogen and oxygen atoms in total. The van der Waals surface area contributed by atoms with Gasteiger partial charge in [0.25, 0.3) is 5.91 Å². The topological polar surface area (TPSA) is 159 Å². The van der Waals surface area contributed by atoms with E-state index >= 15 is 0 Å². The standard InChI is InChI=1S/C34H46N4O7.ClH/c1-22(2)18-26(35)31(40)36-27(19-29(39)44-20-24-12-7-5-8-13-24)32(41)37-30(23(3)4)33(42)38-17-11-16-28(38)34(43)45-21-25-14-9-6-10-15-25;/h5-10,12-15,22-23,26-28,30H,11,16-21,35H2,1-4H3,(H,36,40)(H,37,41);1H/t26-,27-,28-,30-;/m0./s1. The van der Waals surface area contributed by atoms with Gasteiger partial charge in [-0.3, -0.25) is 19.2 Å². The largest absolute Gasteiger partial charge is 1.00 e. The van der Waals surface area contributed by atoms with E-state index in [4.69, 9.17) is 9.47 Å². The van der Waals surface area contributed by atoms with Crippen LogP contribution in [0.2, 0.25) is 0 Å². The van der Waals surface area contributed by atoms with E-state index in [-0.39, 0.29) is 37.5 Å². The highest BCUT2D eigenvalue weighted by atomic mass is 35.5. The van der Waals surface area contributed by atoms with Crippen LogP contribution in [0, 0.1) is 11.8 Å². The molecule has 0 unspecified atom stereocenters. The van der Waals surface area contributed by atoms with Gasteiger partial charge >= 0.3 is 11.9 Å². The summed E-state index contributed by atoms with van der Waals surface area (Å²) in [6.45, 7) is 7.91. The third-order valence-electron chi connectivity index (χ3n) is 7.64. The van der Waals surface area contributed by atoms with Crippen molar-refractivity contribution in [1.82, 2.24) is 15.5 Å². The number of nitrogens with zero attached hydrogens (tertiary/aromatic N) is 1. The van der Waals surface area contributed by atoms with Crippen molar-refractivity contribution in [3.05, 3.63) is 71.8 Å². The molecule has 3 amide bonds. The number of esters is 2. The van der Waals surface area contributed by atoms with Gasteiger partial charge in [-0.25, -0.2) is 4.79 Å². The smallest absolute Gasteiger partial charge is 0.329 e. The minimum absolute atomic E-state index is 0. The maximum Gasteiger partial charge on any atom is 0.329 e.